The van der Waals surface area contributed by atoms with E-state index in [0.717, 1.165) is 26.4 Å². The maximum atomic E-state index is 5.90. The molecule has 3 aromatic rings. The van der Waals surface area contributed by atoms with Gasteiger partial charge >= 0.3 is 0 Å². The standard InChI is InChI=1S/C14H9BrClNS/c15-8-9-1-6-12-13(7-9)18-14(17-12)10-2-4-11(16)5-3-10/h1-7H,8H2. The molecule has 4 heteroatoms. The summed E-state index contributed by atoms with van der Waals surface area (Å²) in [5.41, 5.74) is 3.43. The number of fused-ring (bicyclic) bond motifs is 1. The maximum Gasteiger partial charge on any atom is 0.124 e. The fourth-order valence-corrected chi connectivity index (χ4v) is 3.28. The van der Waals surface area contributed by atoms with Crippen molar-refractivity contribution < 1.29 is 0 Å². The second-order valence-corrected chi connectivity index (χ2v) is 5.99. The fourth-order valence-electron chi connectivity index (χ4n) is 1.77. The number of hydrogen-bond donors (Lipinski definition) is 0. The number of hydrogen-bond acceptors (Lipinski definition) is 2. The average molecular weight is 339 g/mol. The Labute approximate surface area is 123 Å². The largest absolute Gasteiger partial charge is 0.236 e. The molecule has 0 fully saturated rings. The van der Waals surface area contributed by atoms with E-state index in [0.29, 0.717) is 0 Å². The summed E-state index contributed by atoms with van der Waals surface area (Å²) in [7, 11) is 0. The number of benzene rings is 2. The Morgan fingerprint density at radius 3 is 2.61 bits per heavy atom. The number of aromatic nitrogens is 1. The van der Waals surface area contributed by atoms with Crippen molar-refractivity contribution in [1.29, 1.82) is 0 Å². The van der Waals surface area contributed by atoms with Gasteiger partial charge in [-0.25, -0.2) is 4.98 Å². The van der Waals surface area contributed by atoms with Crippen LogP contribution in [0, 0.1) is 0 Å². The third-order valence-electron chi connectivity index (χ3n) is 2.70. The van der Waals surface area contributed by atoms with Gasteiger partial charge in [-0.05, 0) is 29.8 Å². The van der Waals surface area contributed by atoms with E-state index < -0.39 is 0 Å². The van der Waals surface area contributed by atoms with Crippen molar-refractivity contribution in [2.24, 2.45) is 0 Å². The summed E-state index contributed by atoms with van der Waals surface area (Å²) in [6, 6.07) is 14.2. The number of rotatable bonds is 2. The number of thiazole rings is 1. The zero-order valence-corrected chi connectivity index (χ0v) is 12.5. The Kier molecular flexibility index (Phi) is 3.37. The van der Waals surface area contributed by atoms with Gasteiger partial charge in [0.05, 0.1) is 10.2 Å². The summed E-state index contributed by atoms with van der Waals surface area (Å²) in [4.78, 5) is 4.65. The highest BCUT2D eigenvalue weighted by molar-refractivity contribution is 9.08. The van der Waals surface area contributed by atoms with E-state index in [1.165, 1.54) is 10.3 Å². The molecule has 3 rings (SSSR count). The van der Waals surface area contributed by atoms with Crippen LogP contribution in [-0.2, 0) is 5.33 Å². The van der Waals surface area contributed by atoms with Gasteiger partial charge in [-0.1, -0.05) is 45.7 Å². The van der Waals surface area contributed by atoms with Crippen molar-refractivity contribution in [3.8, 4) is 10.6 Å². The van der Waals surface area contributed by atoms with E-state index in [1.807, 2.05) is 24.3 Å². The van der Waals surface area contributed by atoms with Crippen LogP contribution in [0.25, 0.3) is 20.8 Å². The van der Waals surface area contributed by atoms with Crippen molar-refractivity contribution in [2.75, 3.05) is 0 Å². The Bertz CT molecular complexity index is 691. The Morgan fingerprint density at radius 2 is 1.89 bits per heavy atom. The van der Waals surface area contributed by atoms with E-state index in [1.54, 1.807) is 11.3 Å². The van der Waals surface area contributed by atoms with Crippen LogP contribution < -0.4 is 0 Å². The lowest BCUT2D eigenvalue weighted by Gasteiger charge is -1.94. The number of halogens is 2. The summed E-state index contributed by atoms with van der Waals surface area (Å²) in [6.07, 6.45) is 0. The monoisotopic (exact) mass is 337 g/mol. The minimum atomic E-state index is 0.751. The van der Waals surface area contributed by atoms with Crippen molar-refractivity contribution in [3.63, 3.8) is 0 Å². The molecule has 0 atom stereocenters. The van der Waals surface area contributed by atoms with Gasteiger partial charge in [-0.2, -0.15) is 0 Å². The molecule has 1 aromatic heterocycles. The molecule has 0 saturated carbocycles. The Balaban J connectivity index is 2.10. The van der Waals surface area contributed by atoms with E-state index >= 15 is 0 Å². The van der Waals surface area contributed by atoms with Crippen LogP contribution >= 0.6 is 38.9 Å². The van der Waals surface area contributed by atoms with E-state index in [2.05, 4.69) is 39.1 Å². The van der Waals surface area contributed by atoms with Gasteiger partial charge in [0.15, 0.2) is 0 Å². The van der Waals surface area contributed by atoms with Gasteiger partial charge in [-0.3, -0.25) is 0 Å². The summed E-state index contributed by atoms with van der Waals surface area (Å²) in [5.74, 6) is 0. The summed E-state index contributed by atoms with van der Waals surface area (Å²) >= 11 is 11.1. The molecule has 0 aliphatic carbocycles. The minimum absolute atomic E-state index is 0.751. The lowest BCUT2D eigenvalue weighted by atomic mass is 10.2. The second kappa shape index (κ2) is 5.00. The normalized spacial score (nSPS) is 11.0. The summed E-state index contributed by atoms with van der Waals surface area (Å²) < 4.78 is 1.22. The molecule has 0 N–H and O–H groups in total. The maximum absolute atomic E-state index is 5.90. The van der Waals surface area contributed by atoms with Gasteiger partial charge in [0.1, 0.15) is 5.01 Å². The van der Waals surface area contributed by atoms with Gasteiger partial charge in [0.2, 0.25) is 0 Å². The average Bonchev–Trinajstić information content (AvgIpc) is 2.82. The molecule has 0 aliphatic heterocycles. The van der Waals surface area contributed by atoms with Crippen LogP contribution in [0.5, 0.6) is 0 Å². The summed E-state index contributed by atoms with van der Waals surface area (Å²) in [5, 5.41) is 2.66. The minimum Gasteiger partial charge on any atom is -0.236 e. The molecule has 1 heterocycles. The predicted molar refractivity (Wildman–Crippen MR) is 82.7 cm³/mol. The molecule has 0 spiro atoms. The van der Waals surface area contributed by atoms with Crippen LogP contribution in [0.4, 0.5) is 0 Å². The first-order valence-electron chi connectivity index (χ1n) is 5.47. The molecule has 0 unspecified atom stereocenters. The molecule has 0 radical (unpaired) electrons. The van der Waals surface area contributed by atoms with Gasteiger partial charge in [0.25, 0.3) is 0 Å². The van der Waals surface area contributed by atoms with Crippen LogP contribution in [0.2, 0.25) is 5.02 Å². The predicted octanol–water partition coefficient (Wildman–Crippen LogP) is 5.51. The molecule has 0 aliphatic rings. The zero-order chi connectivity index (χ0) is 12.5. The quantitative estimate of drug-likeness (QED) is 0.561. The van der Waals surface area contributed by atoms with Crippen molar-refractivity contribution >= 4 is 49.1 Å². The molecular formula is C14H9BrClNS. The lowest BCUT2D eigenvalue weighted by molar-refractivity contribution is 1.44. The number of nitrogens with zero attached hydrogens (tertiary/aromatic N) is 1. The van der Waals surface area contributed by atoms with Crippen LogP contribution in [0.1, 0.15) is 5.56 Å². The Hall–Kier alpha value is -0.900. The molecule has 0 saturated heterocycles. The smallest absolute Gasteiger partial charge is 0.124 e. The lowest BCUT2D eigenvalue weighted by Crippen LogP contribution is -1.76. The van der Waals surface area contributed by atoms with E-state index in [-0.39, 0.29) is 0 Å². The van der Waals surface area contributed by atoms with Crippen molar-refractivity contribution in [2.45, 2.75) is 5.33 Å². The molecule has 2 aromatic carbocycles. The van der Waals surface area contributed by atoms with Gasteiger partial charge < -0.3 is 0 Å². The topological polar surface area (TPSA) is 12.9 Å². The SMILES string of the molecule is Clc1ccc(-c2nc3ccc(CBr)cc3s2)cc1. The van der Waals surface area contributed by atoms with Gasteiger partial charge in [-0.15, -0.1) is 11.3 Å². The second-order valence-electron chi connectivity index (χ2n) is 3.96. The molecule has 0 amide bonds. The molecule has 18 heavy (non-hydrogen) atoms. The van der Waals surface area contributed by atoms with Crippen LogP contribution in [0.15, 0.2) is 42.5 Å². The molecule has 0 bridgehead atoms. The van der Waals surface area contributed by atoms with E-state index in [4.69, 9.17) is 11.6 Å². The molecular weight excluding hydrogens is 330 g/mol. The first-order valence-corrected chi connectivity index (χ1v) is 7.79. The highest BCUT2D eigenvalue weighted by Crippen LogP contribution is 2.31. The van der Waals surface area contributed by atoms with Crippen LogP contribution in [-0.4, -0.2) is 4.98 Å². The van der Waals surface area contributed by atoms with Crippen molar-refractivity contribution in [1.82, 2.24) is 4.98 Å². The first-order chi connectivity index (χ1) is 8.76. The van der Waals surface area contributed by atoms with Crippen LogP contribution in [0.3, 0.4) is 0 Å². The number of alkyl halides is 1. The summed E-state index contributed by atoms with van der Waals surface area (Å²) in [6.45, 7) is 0. The Morgan fingerprint density at radius 1 is 1.11 bits per heavy atom. The van der Waals surface area contributed by atoms with Gasteiger partial charge in [0, 0.05) is 15.9 Å². The molecule has 1 nitrogen and oxygen atoms in total. The van der Waals surface area contributed by atoms with Crippen molar-refractivity contribution in [3.05, 3.63) is 53.1 Å². The zero-order valence-electron chi connectivity index (χ0n) is 9.36. The highest BCUT2D eigenvalue weighted by Gasteiger charge is 2.06. The highest BCUT2D eigenvalue weighted by atomic mass is 79.9. The van der Waals surface area contributed by atoms with E-state index in [9.17, 15) is 0 Å². The third-order valence-corrected chi connectivity index (χ3v) is 4.67. The molecule has 90 valence electrons. The third kappa shape index (κ3) is 2.30. The first kappa shape index (κ1) is 12.2. The fraction of sp³-hybridized carbons (Fsp3) is 0.0714.